The lowest BCUT2D eigenvalue weighted by Crippen LogP contribution is -2.34. The Kier molecular flexibility index (Phi) is 8.22. The smallest absolute Gasteiger partial charge is 0.407 e. The predicted octanol–water partition coefficient (Wildman–Crippen LogP) is 4.85. The fraction of sp³-hybridized carbons (Fsp3) is 0.250. The SMILES string of the molecule is CC(C)(C)OC(=O)NCCOC(=O)/C=C/C(=C/c1ccccc1)c1ccccc1. The lowest BCUT2D eigenvalue weighted by molar-refractivity contribution is -0.137. The zero-order valence-electron chi connectivity index (χ0n) is 17.1. The van der Waals surface area contributed by atoms with E-state index >= 15 is 0 Å². The van der Waals surface area contributed by atoms with Crippen molar-refractivity contribution in [3.8, 4) is 0 Å². The monoisotopic (exact) mass is 393 g/mol. The first kappa shape index (κ1) is 22.0. The topological polar surface area (TPSA) is 64.6 Å². The van der Waals surface area contributed by atoms with Crippen molar-refractivity contribution < 1.29 is 19.1 Å². The third kappa shape index (κ3) is 8.93. The molecule has 1 amide bonds. The van der Waals surface area contributed by atoms with E-state index < -0.39 is 17.7 Å². The summed E-state index contributed by atoms with van der Waals surface area (Å²) in [5, 5.41) is 2.54. The lowest BCUT2D eigenvalue weighted by atomic mass is 10.0. The quantitative estimate of drug-likeness (QED) is 0.240. The van der Waals surface area contributed by atoms with Gasteiger partial charge in [0.15, 0.2) is 0 Å². The molecule has 0 bridgehead atoms. The Morgan fingerprint density at radius 3 is 2.17 bits per heavy atom. The zero-order valence-corrected chi connectivity index (χ0v) is 17.1. The molecule has 0 saturated carbocycles. The molecule has 0 saturated heterocycles. The Morgan fingerprint density at radius 2 is 1.55 bits per heavy atom. The molecule has 0 radical (unpaired) electrons. The molecular formula is C24H27NO4. The minimum Gasteiger partial charge on any atom is -0.461 e. The second-order valence-electron chi connectivity index (χ2n) is 7.31. The molecule has 0 aliphatic rings. The summed E-state index contributed by atoms with van der Waals surface area (Å²) in [4.78, 5) is 23.6. The fourth-order valence-corrected chi connectivity index (χ4v) is 2.41. The van der Waals surface area contributed by atoms with Crippen molar-refractivity contribution in [2.45, 2.75) is 26.4 Å². The van der Waals surface area contributed by atoms with Crippen LogP contribution < -0.4 is 5.32 Å². The van der Waals surface area contributed by atoms with Gasteiger partial charge in [-0.05, 0) is 49.6 Å². The molecule has 0 atom stereocenters. The minimum absolute atomic E-state index is 0.0610. The van der Waals surface area contributed by atoms with Crippen LogP contribution >= 0.6 is 0 Å². The third-order valence-electron chi connectivity index (χ3n) is 3.64. The van der Waals surface area contributed by atoms with Crippen molar-refractivity contribution in [3.63, 3.8) is 0 Å². The molecule has 5 nitrogen and oxygen atoms in total. The summed E-state index contributed by atoms with van der Waals surface area (Å²) in [6, 6.07) is 19.7. The van der Waals surface area contributed by atoms with Gasteiger partial charge in [-0.1, -0.05) is 60.7 Å². The van der Waals surface area contributed by atoms with Crippen molar-refractivity contribution in [1.82, 2.24) is 5.32 Å². The Hall–Kier alpha value is -3.34. The Labute approximate surface area is 172 Å². The van der Waals surface area contributed by atoms with Crippen molar-refractivity contribution >= 4 is 23.7 Å². The highest BCUT2D eigenvalue weighted by atomic mass is 16.6. The van der Waals surface area contributed by atoms with Crippen LogP contribution in [0.15, 0.2) is 72.8 Å². The van der Waals surface area contributed by atoms with Gasteiger partial charge in [-0.25, -0.2) is 9.59 Å². The van der Waals surface area contributed by atoms with Crippen LogP contribution in [0.25, 0.3) is 11.6 Å². The molecule has 0 aliphatic carbocycles. The molecule has 0 fully saturated rings. The third-order valence-corrected chi connectivity index (χ3v) is 3.64. The van der Waals surface area contributed by atoms with E-state index in [4.69, 9.17) is 9.47 Å². The van der Waals surface area contributed by atoms with Crippen molar-refractivity contribution in [2.75, 3.05) is 13.2 Å². The van der Waals surface area contributed by atoms with Crippen LogP contribution in [0.4, 0.5) is 4.79 Å². The second kappa shape index (κ2) is 10.9. The fourth-order valence-electron chi connectivity index (χ4n) is 2.41. The summed E-state index contributed by atoms with van der Waals surface area (Å²) in [7, 11) is 0. The Morgan fingerprint density at radius 1 is 0.931 bits per heavy atom. The van der Waals surface area contributed by atoms with Crippen molar-refractivity contribution in [3.05, 3.63) is 83.9 Å². The highest BCUT2D eigenvalue weighted by molar-refractivity contribution is 5.92. The van der Waals surface area contributed by atoms with Crippen LogP contribution in [0, 0.1) is 0 Å². The number of rotatable bonds is 7. The molecule has 0 spiro atoms. The Balaban J connectivity index is 1.93. The van der Waals surface area contributed by atoms with Gasteiger partial charge in [0.25, 0.3) is 0 Å². The van der Waals surface area contributed by atoms with E-state index in [1.54, 1.807) is 26.8 Å². The van der Waals surface area contributed by atoms with E-state index in [1.807, 2.05) is 66.7 Å². The molecule has 29 heavy (non-hydrogen) atoms. The number of benzene rings is 2. The summed E-state index contributed by atoms with van der Waals surface area (Å²) in [6.07, 6.45) is 4.57. The molecule has 0 heterocycles. The first-order chi connectivity index (χ1) is 13.8. The number of nitrogens with one attached hydrogen (secondary N) is 1. The van der Waals surface area contributed by atoms with Gasteiger partial charge in [0, 0.05) is 6.08 Å². The van der Waals surface area contributed by atoms with Crippen LogP contribution in [0.3, 0.4) is 0 Å². The lowest BCUT2D eigenvalue weighted by Gasteiger charge is -2.19. The van der Waals surface area contributed by atoms with Crippen LogP contribution in [0.1, 0.15) is 31.9 Å². The van der Waals surface area contributed by atoms with E-state index in [0.29, 0.717) is 0 Å². The number of esters is 1. The summed E-state index contributed by atoms with van der Waals surface area (Å²) in [6.45, 7) is 5.59. The summed E-state index contributed by atoms with van der Waals surface area (Å²) >= 11 is 0. The largest absolute Gasteiger partial charge is 0.461 e. The van der Waals surface area contributed by atoms with E-state index in [1.165, 1.54) is 6.08 Å². The van der Waals surface area contributed by atoms with Gasteiger partial charge >= 0.3 is 12.1 Å². The number of hydrogen-bond acceptors (Lipinski definition) is 4. The summed E-state index contributed by atoms with van der Waals surface area (Å²) in [5.41, 5.74) is 2.35. The van der Waals surface area contributed by atoms with Gasteiger partial charge in [0.2, 0.25) is 0 Å². The van der Waals surface area contributed by atoms with Crippen LogP contribution in [-0.4, -0.2) is 30.8 Å². The van der Waals surface area contributed by atoms with Crippen LogP contribution in [-0.2, 0) is 14.3 Å². The van der Waals surface area contributed by atoms with E-state index in [9.17, 15) is 9.59 Å². The van der Waals surface area contributed by atoms with E-state index in [-0.39, 0.29) is 13.2 Å². The maximum atomic E-state index is 12.0. The number of allylic oxidation sites excluding steroid dienone is 2. The van der Waals surface area contributed by atoms with Gasteiger partial charge in [-0.15, -0.1) is 0 Å². The number of amides is 1. The first-order valence-electron chi connectivity index (χ1n) is 9.47. The molecule has 2 aromatic carbocycles. The number of alkyl carbamates (subject to hydrolysis) is 1. The maximum absolute atomic E-state index is 12.0. The predicted molar refractivity (Wildman–Crippen MR) is 115 cm³/mol. The highest BCUT2D eigenvalue weighted by Crippen LogP contribution is 2.19. The standard InChI is InChI=1S/C24H27NO4/c1-24(2,3)29-23(27)25-16-17-28-22(26)15-14-21(20-12-8-5-9-13-20)18-19-10-6-4-7-11-19/h4-15,18H,16-17H2,1-3H3,(H,25,27)/b15-14+,21-18-. The minimum atomic E-state index is -0.567. The number of hydrogen-bond donors (Lipinski definition) is 1. The first-order valence-corrected chi connectivity index (χ1v) is 9.47. The van der Waals surface area contributed by atoms with Gasteiger partial charge in [0.1, 0.15) is 12.2 Å². The Bertz CT molecular complexity index is 849. The second-order valence-corrected chi connectivity index (χ2v) is 7.31. The summed E-state index contributed by atoms with van der Waals surface area (Å²) < 4.78 is 10.3. The molecule has 5 heteroatoms. The average Bonchev–Trinajstić information content (AvgIpc) is 2.68. The molecule has 0 aromatic heterocycles. The van der Waals surface area contributed by atoms with Crippen LogP contribution in [0.5, 0.6) is 0 Å². The molecule has 0 unspecified atom stereocenters. The van der Waals surface area contributed by atoms with E-state index in [0.717, 1.165) is 16.7 Å². The van der Waals surface area contributed by atoms with Crippen LogP contribution in [0.2, 0.25) is 0 Å². The van der Waals surface area contributed by atoms with Gasteiger partial charge < -0.3 is 14.8 Å². The molecule has 2 rings (SSSR count). The molecular weight excluding hydrogens is 366 g/mol. The van der Waals surface area contributed by atoms with Gasteiger partial charge in [-0.2, -0.15) is 0 Å². The summed E-state index contributed by atoms with van der Waals surface area (Å²) in [5.74, 6) is -0.481. The average molecular weight is 393 g/mol. The van der Waals surface area contributed by atoms with Crippen molar-refractivity contribution in [1.29, 1.82) is 0 Å². The molecule has 2 aromatic rings. The normalized spacial score (nSPS) is 11.9. The van der Waals surface area contributed by atoms with Gasteiger partial charge in [-0.3, -0.25) is 0 Å². The number of ether oxygens (including phenoxy) is 2. The van der Waals surface area contributed by atoms with Crippen molar-refractivity contribution in [2.24, 2.45) is 0 Å². The number of carbonyl (C=O) groups is 2. The maximum Gasteiger partial charge on any atom is 0.407 e. The van der Waals surface area contributed by atoms with Gasteiger partial charge in [0.05, 0.1) is 6.54 Å². The zero-order chi connectivity index (χ0) is 21.1. The number of carbonyl (C=O) groups excluding carboxylic acids is 2. The van der Waals surface area contributed by atoms with E-state index in [2.05, 4.69) is 5.32 Å². The molecule has 0 aliphatic heterocycles. The highest BCUT2D eigenvalue weighted by Gasteiger charge is 2.15. The molecule has 152 valence electrons. The molecule has 1 N–H and O–H groups in total.